The van der Waals surface area contributed by atoms with E-state index in [1.165, 1.54) is 19.3 Å². The van der Waals surface area contributed by atoms with Gasteiger partial charge in [0.15, 0.2) is 0 Å². The molecule has 1 aliphatic carbocycles. The Morgan fingerprint density at radius 1 is 1.42 bits per heavy atom. The molecule has 0 aromatic carbocycles. The lowest BCUT2D eigenvalue weighted by atomic mass is 10.2. The molecule has 4 heteroatoms. The number of amides is 1. The number of anilines is 1. The lowest BCUT2D eigenvalue weighted by molar-refractivity contribution is 0.0952. The number of nitrogens with one attached hydrogen (secondary N) is 2. The molecule has 1 aromatic heterocycles. The van der Waals surface area contributed by atoms with Crippen molar-refractivity contribution in [2.45, 2.75) is 39.0 Å². The van der Waals surface area contributed by atoms with Crippen molar-refractivity contribution in [3.05, 3.63) is 23.9 Å². The average Bonchev–Trinajstić information content (AvgIpc) is 3.25. The van der Waals surface area contributed by atoms with Gasteiger partial charge in [-0.2, -0.15) is 0 Å². The topological polar surface area (TPSA) is 54.0 Å². The summed E-state index contributed by atoms with van der Waals surface area (Å²) in [6.45, 7) is 3.75. The number of carbonyl (C=O) groups is 1. The van der Waals surface area contributed by atoms with Crippen LogP contribution in [0.5, 0.6) is 0 Å². The molecule has 0 radical (unpaired) electrons. The first-order valence-electron chi connectivity index (χ1n) is 7.27. The van der Waals surface area contributed by atoms with E-state index in [1.54, 1.807) is 12.3 Å². The predicted molar refractivity (Wildman–Crippen MR) is 77.3 cm³/mol. The molecule has 2 rings (SSSR count). The molecular formula is C15H23N3O. The first-order chi connectivity index (χ1) is 9.29. The molecule has 1 heterocycles. The van der Waals surface area contributed by atoms with Crippen molar-refractivity contribution in [3.8, 4) is 0 Å². The summed E-state index contributed by atoms with van der Waals surface area (Å²) in [6, 6.07) is 3.57. The van der Waals surface area contributed by atoms with Gasteiger partial charge in [0.25, 0.3) is 5.91 Å². The fourth-order valence-electron chi connectivity index (χ4n) is 2.02. The number of pyridine rings is 1. The third kappa shape index (κ3) is 4.89. The molecule has 0 saturated heterocycles. The Hall–Kier alpha value is -1.58. The number of rotatable bonds is 8. The third-order valence-corrected chi connectivity index (χ3v) is 3.35. The minimum Gasteiger partial charge on any atom is -0.370 e. The van der Waals surface area contributed by atoms with E-state index in [-0.39, 0.29) is 5.91 Å². The van der Waals surface area contributed by atoms with Crippen molar-refractivity contribution in [1.29, 1.82) is 0 Å². The average molecular weight is 261 g/mol. The SMILES string of the molecule is CCCNc1cc(C(=O)NCCCC2CC2)ccn1. The van der Waals surface area contributed by atoms with Crippen LogP contribution in [0.25, 0.3) is 0 Å². The van der Waals surface area contributed by atoms with Gasteiger partial charge in [-0.25, -0.2) is 4.98 Å². The molecule has 4 nitrogen and oxygen atoms in total. The van der Waals surface area contributed by atoms with Gasteiger partial charge in [0.05, 0.1) is 0 Å². The Bertz CT molecular complexity index is 416. The van der Waals surface area contributed by atoms with Gasteiger partial charge in [-0.05, 0) is 37.3 Å². The molecule has 1 aromatic rings. The highest BCUT2D eigenvalue weighted by Gasteiger charge is 2.20. The molecular weight excluding hydrogens is 238 g/mol. The highest BCUT2D eigenvalue weighted by atomic mass is 16.1. The number of carbonyl (C=O) groups excluding carboxylic acids is 1. The maximum atomic E-state index is 12.0. The molecule has 1 aliphatic rings. The van der Waals surface area contributed by atoms with Crippen molar-refractivity contribution in [2.24, 2.45) is 5.92 Å². The summed E-state index contributed by atoms with van der Waals surface area (Å²) >= 11 is 0. The zero-order valence-electron chi connectivity index (χ0n) is 11.6. The lowest BCUT2D eigenvalue weighted by Crippen LogP contribution is -2.24. The first-order valence-corrected chi connectivity index (χ1v) is 7.27. The maximum Gasteiger partial charge on any atom is 0.251 e. The minimum atomic E-state index is -0.00209. The molecule has 0 bridgehead atoms. The van der Waals surface area contributed by atoms with E-state index in [1.807, 2.05) is 6.07 Å². The molecule has 0 unspecified atom stereocenters. The van der Waals surface area contributed by atoms with Crippen molar-refractivity contribution < 1.29 is 4.79 Å². The van der Waals surface area contributed by atoms with Gasteiger partial charge in [0.2, 0.25) is 0 Å². The highest BCUT2D eigenvalue weighted by Crippen LogP contribution is 2.33. The zero-order valence-corrected chi connectivity index (χ0v) is 11.6. The summed E-state index contributed by atoms with van der Waals surface area (Å²) in [5.41, 5.74) is 0.681. The van der Waals surface area contributed by atoms with Crippen LogP contribution < -0.4 is 10.6 Å². The second-order valence-corrected chi connectivity index (χ2v) is 5.20. The number of aromatic nitrogens is 1. The Morgan fingerprint density at radius 2 is 2.26 bits per heavy atom. The molecule has 19 heavy (non-hydrogen) atoms. The Kier molecular flexibility index (Phi) is 5.19. The first kappa shape index (κ1) is 13.8. The van der Waals surface area contributed by atoms with Crippen LogP contribution in [0.15, 0.2) is 18.3 Å². The van der Waals surface area contributed by atoms with Crippen LogP contribution in [0.1, 0.15) is 49.4 Å². The second kappa shape index (κ2) is 7.12. The minimum absolute atomic E-state index is 0.00209. The molecule has 1 fully saturated rings. The lowest BCUT2D eigenvalue weighted by Gasteiger charge is -2.07. The largest absolute Gasteiger partial charge is 0.370 e. The molecule has 1 amide bonds. The van der Waals surface area contributed by atoms with Crippen molar-refractivity contribution in [1.82, 2.24) is 10.3 Å². The van der Waals surface area contributed by atoms with Gasteiger partial charge in [0, 0.05) is 24.8 Å². The van der Waals surface area contributed by atoms with Crippen molar-refractivity contribution >= 4 is 11.7 Å². The van der Waals surface area contributed by atoms with Crippen molar-refractivity contribution in [2.75, 3.05) is 18.4 Å². The molecule has 0 aliphatic heterocycles. The predicted octanol–water partition coefficient (Wildman–Crippen LogP) is 2.82. The Balaban J connectivity index is 1.76. The Labute approximate surface area is 115 Å². The molecule has 0 spiro atoms. The van der Waals surface area contributed by atoms with E-state index in [9.17, 15) is 4.79 Å². The monoisotopic (exact) mass is 261 g/mol. The maximum absolute atomic E-state index is 12.0. The standard InChI is InChI=1S/C15H23N3O/c1-2-8-16-14-11-13(7-10-17-14)15(19)18-9-3-4-12-5-6-12/h7,10-12H,2-6,8-9H2,1H3,(H,16,17)(H,18,19). The van der Waals surface area contributed by atoms with Gasteiger partial charge in [-0.3, -0.25) is 4.79 Å². The van der Waals surface area contributed by atoms with Gasteiger partial charge in [-0.15, -0.1) is 0 Å². The van der Waals surface area contributed by atoms with E-state index < -0.39 is 0 Å². The van der Waals surface area contributed by atoms with E-state index in [0.717, 1.165) is 37.7 Å². The highest BCUT2D eigenvalue weighted by molar-refractivity contribution is 5.94. The van der Waals surface area contributed by atoms with Crippen LogP contribution in [0.3, 0.4) is 0 Å². The smallest absolute Gasteiger partial charge is 0.251 e. The van der Waals surface area contributed by atoms with E-state index >= 15 is 0 Å². The summed E-state index contributed by atoms with van der Waals surface area (Å²) in [5, 5.41) is 6.16. The van der Waals surface area contributed by atoms with Gasteiger partial charge < -0.3 is 10.6 Å². The van der Waals surface area contributed by atoms with E-state index in [2.05, 4.69) is 22.5 Å². The number of hydrogen-bond donors (Lipinski definition) is 2. The van der Waals surface area contributed by atoms with Gasteiger partial charge in [0.1, 0.15) is 5.82 Å². The summed E-state index contributed by atoms with van der Waals surface area (Å²) in [7, 11) is 0. The van der Waals surface area contributed by atoms with Crippen LogP contribution in [-0.4, -0.2) is 24.0 Å². The van der Waals surface area contributed by atoms with Gasteiger partial charge in [-0.1, -0.05) is 19.8 Å². The molecule has 0 atom stereocenters. The van der Waals surface area contributed by atoms with Gasteiger partial charge >= 0.3 is 0 Å². The number of nitrogens with zero attached hydrogens (tertiary/aromatic N) is 1. The van der Waals surface area contributed by atoms with Crippen LogP contribution in [0.2, 0.25) is 0 Å². The van der Waals surface area contributed by atoms with Crippen LogP contribution in [0, 0.1) is 5.92 Å². The summed E-state index contributed by atoms with van der Waals surface area (Å²) in [6.07, 6.45) is 7.81. The quantitative estimate of drug-likeness (QED) is 0.707. The fourth-order valence-corrected chi connectivity index (χ4v) is 2.02. The van der Waals surface area contributed by atoms with E-state index in [0.29, 0.717) is 5.56 Å². The fraction of sp³-hybridized carbons (Fsp3) is 0.600. The Morgan fingerprint density at radius 3 is 3.00 bits per heavy atom. The van der Waals surface area contributed by atoms with Crippen LogP contribution in [-0.2, 0) is 0 Å². The summed E-state index contributed by atoms with van der Waals surface area (Å²) in [5.74, 6) is 1.70. The van der Waals surface area contributed by atoms with Crippen molar-refractivity contribution in [3.63, 3.8) is 0 Å². The van der Waals surface area contributed by atoms with E-state index in [4.69, 9.17) is 0 Å². The summed E-state index contributed by atoms with van der Waals surface area (Å²) < 4.78 is 0. The normalized spacial score (nSPS) is 14.2. The second-order valence-electron chi connectivity index (χ2n) is 5.20. The molecule has 104 valence electrons. The molecule has 1 saturated carbocycles. The third-order valence-electron chi connectivity index (χ3n) is 3.35. The van der Waals surface area contributed by atoms with Crippen LogP contribution in [0.4, 0.5) is 5.82 Å². The van der Waals surface area contributed by atoms with Crippen LogP contribution >= 0.6 is 0 Å². The molecule has 2 N–H and O–H groups in total. The zero-order chi connectivity index (χ0) is 13.5. The number of hydrogen-bond acceptors (Lipinski definition) is 3. The summed E-state index contributed by atoms with van der Waals surface area (Å²) in [4.78, 5) is 16.2.